The van der Waals surface area contributed by atoms with Gasteiger partial charge in [-0.15, -0.1) is 0 Å². The van der Waals surface area contributed by atoms with Gasteiger partial charge in [0.15, 0.2) is 0 Å². The largest absolute Gasteiger partial charge is 0.371 e. The van der Waals surface area contributed by atoms with Crippen molar-refractivity contribution in [2.24, 2.45) is 0 Å². The topological polar surface area (TPSA) is 46.4 Å². The molecular formula is C17H18N2O2. The van der Waals surface area contributed by atoms with Crippen molar-refractivity contribution in [3.8, 4) is 11.1 Å². The van der Waals surface area contributed by atoms with Gasteiger partial charge in [0.2, 0.25) is 0 Å². The SMILES string of the molecule is O=[N+]([O-])c1ccc(N2CCCCC2)c(-c2ccccc2)c1. The van der Waals surface area contributed by atoms with Crippen LogP contribution in [0.15, 0.2) is 48.5 Å². The molecule has 4 nitrogen and oxygen atoms in total. The van der Waals surface area contributed by atoms with Crippen LogP contribution in [-0.2, 0) is 0 Å². The lowest BCUT2D eigenvalue weighted by molar-refractivity contribution is -0.384. The number of benzene rings is 2. The maximum Gasteiger partial charge on any atom is 0.270 e. The summed E-state index contributed by atoms with van der Waals surface area (Å²) in [6.45, 7) is 2.05. The highest BCUT2D eigenvalue weighted by Crippen LogP contribution is 2.35. The summed E-state index contributed by atoms with van der Waals surface area (Å²) < 4.78 is 0. The first-order valence-electron chi connectivity index (χ1n) is 7.34. The molecule has 4 heteroatoms. The maximum absolute atomic E-state index is 11.1. The average molecular weight is 282 g/mol. The lowest BCUT2D eigenvalue weighted by Crippen LogP contribution is -2.29. The van der Waals surface area contributed by atoms with E-state index >= 15 is 0 Å². The Morgan fingerprint density at radius 3 is 2.33 bits per heavy atom. The third-order valence-electron chi connectivity index (χ3n) is 3.97. The molecule has 0 aromatic heterocycles. The Balaban J connectivity index is 2.08. The molecule has 0 bridgehead atoms. The Kier molecular flexibility index (Phi) is 3.86. The maximum atomic E-state index is 11.1. The van der Waals surface area contributed by atoms with E-state index in [0.717, 1.165) is 29.9 Å². The minimum Gasteiger partial charge on any atom is -0.371 e. The molecule has 1 aliphatic heterocycles. The van der Waals surface area contributed by atoms with Crippen LogP contribution >= 0.6 is 0 Å². The predicted octanol–water partition coefficient (Wildman–Crippen LogP) is 4.25. The van der Waals surface area contributed by atoms with E-state index in [1.165, 1.54) is 19.3 Å². The fourth-order valence-electron chi connectivity index (χ4n) is 2.90. The number of hydrogen-bond acceptors (Lipinski definition) is 3. The van der Waals surface area contributed by atoms with Crippen LogP contribution in [0.2, 0.25) is 0 Å². The summed E-state index contributed by atoms with van der Waals surface area (Å²) in [4.78, 5) is 13.1. The zero-order chi connectivity index (χ0) is 14.7. The Hall–Kier alpha value is -2.36. The van der Waals surface area contributed by atoms with Crippen molar-refractivity contribution in [1.29, 1.82) is 0 Å². The van der Waals surface area contributed by atoms with Gasteiger partial charge in [-0.05, 0) is 30.9 Å². The van der Waals surface area contributed by atoms with Gasteiger partial charge in [0.1, 0.15) is 0 Å². The molecule has 2 aromatic carbocycles. The second-order valence-corrected chi connectivity index (χ2v) is 5.37. The highest BCUT2D eigenvalue weighted by molar-refractivity contribution is 5.80. The van der Waals surface area contributed by atoms with E-state index in [9.17, 15) is 10.1 Å². The summed E-state index contributed by atoms with van der Waals surface area (Å²) in [5, 5.41) is 11.1. The van der Waals surface area contributed by atoms with Crippen molar-refractivity contribution in [3.63, 3.8) is 0 Å². The first-order valence-corrected chi connectivity index (χ1v) is 7.34. The van der Waals surface area contributed by atoms with E-state index in [4.69, 9.17) is 0 Å². The van der Waals surface area contributed by atoms with Crippen molar-refractivity contribution in [3.05, 3.63) is 58.6 Å². The molecule has 0 atom stereocenters. The van der Waals surface area contributed by atoms with Gasteiger partial charge in [-0.2, -0.15) is 0 Å². The van der Waals surface area contributed by atoms with Crippen molar-refractivity contribution < 1.29 is 4.92 Å². The number of nitro groups is 1. The van der Waals surface area contributed by atoms with Crippen LogP contribution in [0.25, 0.3) is 11.1 Å². The first kappa shape index (κ1) is 13.6. The molecule has 0 radical (unpaired) electrons. The highest BCUT2D eigenvalue weighted by atomic mass is 16.6. The third-order valence-corrected chi connectivity index (χ3v) is 3.97. The van der Waals surface area contributed by atoms with Gasteiger partial charge in [-0.25, -0.2) is 0 Å². The van der Waals surface area contributed by atoms with Crippen LogP contribution in [0.1, 0.15) is 19.3 Å². The number of hydrogen-bond donors (Lipinski definition) is 0. The monoisotopic (exact) mass is 282 g/mol. The number of nitrogens with zero attached hydrogens (tertiary/aromatic N) is 2. The molecule has 1 heterocycles. The molecule has 1 saturated heterocycles. The first-order chi connectivity index (χ1) is 10.3. The van der Waals surface area contributed by atoms with Gasteiger partial charge in [0.25, 0.3) is 5.69 Å². The number of rotatable bonds is 3. The average Bonchev–Trinajstić information content (AvgIpc) is 2.56. The van der Waals surface area contributed by atoms with Crippen molar-refractivity contribution in [1.82, 2.24) is 0 Å². The van der Waals surface area contributed by atoms with Crippen molar-refractivity contribution in [2.45, 2.75) is 19.3 Å². The molecular weight excluding hydrogens is 264 g/mol. The van der Waals surface area contributed by atoms with E-state index < -0.39 is 0 Å². The Morgan fingerprint density at radius 2 is 1.67 bits per heavy atom. The second kappa shape index (κ2) is 5.95. The Morgan fingerprint density at radius 1 is 0.952 bits per heavy atom. The molecule has 1 fully saturated rings. The zero-order valence-corrected chi connectivity index (χ0v) is 11.9. The number of nitro benzene ring substituents is 1. The van der Waals surface area contributed by atoms with E-state index in [-0.39, 0.29) is 10.6 Å². The molecule has 21 heavy (non-hydrogen) atoms. The molecule has 0 saturated carbocycles. The molecule has 3 rings (SSSR count). The summed E-state index contributed by atoms with van der Waals surface area (Å²) >= 11 is 0. The minimum atomic E-state index is -0.327. The third kappa shape index (κ3) is 2.89. The number of piperidine rings is 1. The second-order valence-electron chi connectivity index (χ2n) is 5.37. The quantitative estimate of drug-likeness (QED) is 0.624. The van der Waals surface area contributed by atoms with Crippen LogP contribution in [0.4, 0.5) is 11.4 Å². The minimum absolute atomic E-state index is 0.148. The van der Waals surface area contributed by atoms with Gasteiger partial charge < -0.3 is 4.90 Å². The fourth-order valence-corrected chi connectivity index (χ4v) is 2.90. The van der Waals surface area contributed by atoms with Crippen LogP contribution in [0.5, 0.6) is 0 Å². The van der Waals surface area contributed by atoms with Gasteiger partial charge in [-0.3, -0.25) is 10.1 Å². The molecule has 0 aliphatic carbocycles. The molecule has 0 N–H and O–H groups in total. The van der Waals surface area contributed by atoms with Crippen molar-refractivity contribution >= 4 is 11.4 Å². The van der Waals surface area contributed by atoms with Crippen LogP contribution in [0.3, 0.4) is 0 Å². The molecule has 0 amide bonds. The Labute approximate surface area is 124 Å². The van der Waals surface area contributed by atoms with Gasteiger partial charge in [0.05, 0.1) is 4.92 Å². The number of non-ortho nitro benzene ring substituents is 1. The fraction of sp³-hybridized carbons (Fsp3) is 0.294. The lowest BCUT2D eigenvalue weighted by atomic mass is 10.0. The van der Waals surface area contributed by atoms with Gasteiger partial charge >= 0.3 is 0 Å². The lowest BCUT2D eigenvalue weighted by Gasteiger charge is -2.30. The van der Waals surface area contributed by atoms with E-state index in [0.29, 0.717) is 0 Å². The number of anilines is 1. The van der Waals surface area contributed by atoms with E-state index in [2.05, 4.69) is 4.90 Å². The molecule has 2 aromatic rings. The summed E-state index contributed by atoms with van der Waals surface area (Å²) in [6, 6.07) is 15.1. The van der Waals surface area contributed by atoms with Crippen LogP contribution in [0, 0.1) is 10.1 Å². The van der Waals surface area contributed by atoms with E-state index in [1.54, 1.807) is 12.1 Å². The smallest absolute Gasteiger partial charge is 0.270 e. The molecule has 1 aliphatic rings. The zero-order valence-electron chi connectivity index (χ0n) is 11.9. The van der Waals surface area contributed by atoms with Gasteiger partial charge in [0, 0.05) is 36.5 Å². The standard InChI is InChI=1S/C17H18N2O2/c20-19(21)15-9-10-17(18-11-5-2-6-12-18)16(13-15)14-7-3-1-4-8-14/h1,3-4,7-10,13H,2,5-6,11-12H2. The normalized spacial score (nSPS) is 15.0. The molecule has 0 unspecified atom stereocenters. The van der Waals surface area contributed by atoms with E-state index in [1.807, 2.05) is 36.4 Å². The summed E-state index contributed by atoms with van der Waals surface area (Å²) in [6.07, 6.45) is 3.64. The molecule has 0 spiro atoms. The van der Waals surface area contributed by atoms with Crippen LogP contribution < -0.4 is 4.90 Å². The summed E-state index contributed by atoms with van der Waals surface area (Å²) in [5.74, 6) is 0. The van der Waals surface area contributed by atoms with Crippen molar-refractivity contribution in [2.75, 3.05) is 18.0 Å². The predicted molar refractivity (Wildman–Crippen MR) is 84.6 cm³/mol. The van der Waals surface area contributed by atoms with Gasteiger partial charge in [-0.1, -0.05) is 30.3 Å². The molecule has 108 valence electrons. The summed E-state index contributed by atoms with van der Waals surface area (Å²) in [7, 11) is 0. The van der Waals surface area contributed by atoms with Crippen LogP contribution in [-0.4, -0.2) is 18.0 Å². The highest BCUT2D eigenvalue weighted by Gasteiger charge is 2.18. The summed E-state index contributed by atoms with van der Waals surface area (Å²) in [5.41, 5.74) is 3.23. The Bertz CT molecular complexity index is 634.